The van der Waals surface area contributed by atoms with Gasteiger partial charge in [0.05, 0.1) is 17.6 Å². The van der Waals surface area contributed by atoms with Crippen molar-refractivity contribution >= 4 is 23.2 Å². The van der Waals surface area contributed by atoms with Crippen molar-refractivity contribution in [3.05, 3.63) is 42.4 Å². The summed E-state index contributed by atoms with van der Waals surface area (Å²) < 4.78 is 0. The number of hydrogen-bond acceptors (Lipinski definition) is 4. The lowest BCUT2D eigenvalue weighted by Gasteiger charge is -2.09. The first kappa shape index (κ1) is 11.8. The van der Waals surface area contributed by atoms with Gasteiger partial charge < -0.3 is 11.1 Å². The summed E-state index contributed by atoms with van der Waals surface area (Å²) in [6.07, 6.45) is 4.48. The number of carbonyl (C=O) groups is 1. The van der Waals surface area contributed by atoms with Crippen LogP contribution >= 0.6 is 0 Å². The Bertz CT molecular complexity index is 556. The molecule has 1 aromatic heterocycles. The molecule has 0 fully saturated rings. The number of nitrogens with one attached hydrogen (secondary N) is 2. The maximum Gasteiger partial charge on any atom is 0.324 e. The third kappa shape index (κ3) is 2.94. The summed E-state index contributed by atoms with van der Waals surface area (Å²) in [5.74, 6) is 0.376. The van der Waals surface area contributed by atoms with Gasteiger partial charge in [-0.25, -0.2) is 9.78 Å². The number of urea groups is 1. The first-order chi connectivity index (χ1) is 8.65. The molecule has 0 aliphatic rings. The van der Waals surface area contributed by atoms with Gasteiger partial charge in [-0.2, -0.15) is 0 Å². The van der Waals surface area contributed by atoms with Crippen LogP contribution < -0.4 is 16.4 Å². The largest absolute Gasteiger partial charge is 0.397 e. The molecule has 0 bridgehead atoms. The fourth-order valence-electron chi connectivity index (χ4n) is 1.43. The number of anilines is 3. The minimum absolute atomic E-state index is 0.376. The van der Waals surface area contributed by atoms with E-state index in [2.05, 4.69) is 20.6 Å². The van der Waals surface area contributed by atoms with E-state index in [1.54, 1.807) is 12.1 Å². The number of nitrogens with two attached hydrogens (primary N) is 1. The molecule has 4 N–H and O–H groups in total. The monoisotopic (exact) mass is 243 g/mol. The zero-order valence-corrected chi connectivity index (χ0v) is 9.84. The molecule has 18 heavy (non-hydrogen) atoms. The van der Waals surface area contributed by atoms with Crippen molar-refractivity contribution < 1.29 is 4.79 Å². The molecule has 1 aromatic carbocycles. The van der Waals surface area contributed by atoms with Gasteiger partial charge in [0.15, 0.2) is 5.82 Å². The van der Waals surface area contributed by atoms with Crippen molar-refractivity contribution in [2.24, 2.45) is 0 Å². The summed E-state index contributed by atoms with van der Waals surface area (Å²) in [4.78, 5) is 19.4. The smallest absolute Gasteiger partial charge is 0.324 e. The van der Waals surface area contributed by atoms with Gasteiger partial charge in [0, 0.05) is 12.4 Å². The fourth-order valence-corrected chi connectivity index (χ4v) is 1.43. The molecule has 0 radical (unpaired) electrons. The maximum absolute atomic E-state index is 11.7. The van der Waals surface area contributed by atoms with E-state index in [-0.39, 0.29) is 0 Å². The van der Waals surface area contributed by atoms with Gasteiger partial charge in [-0.3, -0.25) is 10.3 Å². The molecule has 0 saturated carbocycles. The van der Waals surface area contributed by atoms with Gasteiger partial charge in [-0.05, 0) is 24.6 Å². The highest BCUT2D eigenvalue weighted by molar-refractivity contribution is 6.00. The Labute approximate surface area is 104 Å². The second-order valence-electron chi connectivity index (χ2n) is 3.76. The van der Waals surface area contributed by atoms with Gasteiger partial charge in [0.2, 0.25) is 0 Å². The molecule has 0 saturated heterocycles. The molecule has 0 atom stereocenters. The molecule has 0 spiro atoms. The van der Waals surface area contributed by atoms with Crippen molar-refractivity contribution in [2.45, 2.75) is 6.92 Å². The molecular formula is C12H13N5O. The molecule has 0 unspecified atom stereocenters. The second kappa shape index (κ2) is 5.13. The van der Waals surface area contributed by atoms with Gasteiger partial charge in [-0.15, -0.1) is 0 Å². The Balaban J connectivity index is 2.03. The predicted molar refractivity (Wildman–Crippen MR) is 70.3 cm³/mol. The van der Waals surface area contributed by atoms with E-state index in [1.807, 2.05) is 13.0 Å². The second-order valence-corrected chi connectivity index (χ2v) is 3.76. The van der Waals surface area contributed by atoms with Crippen LogP contribution in [0.1, 0.15) is 5.56 Å². The van der Waals surface area contributed by atoms with E-state index in [0.29, 0.717) is 17.2 Å². The van der Waals surface area contributed by atoms with Crippen molar-refractivity contribution in [2.75, 3.05) is 16.4 Å². The molecule has 0 aliphatic carbocycles. The van der Waals surface area contributed by atoms with Crippen molar-refractivity contribution in [3.8, 4) is 0 Å². The van der Waals surface area contributed by atoms with Crippen LogP contribution in [-0.4, -0.2) is 16.0 Å². The maximum atomic E-state index is 11.7. The molecule has 92 valence electrons. The fraction of sp³-hybridized carbons (Fsp3) is 0.0833. The third-order valence-corrected chi connectivity index (χ3v) is 2.26. The van der Waals surface area contributed by atoms with Crippen LogP contribution in [-0.2, 0) is 0 Å². The average Bonchev–Trinajstić information content (AvgIpc) is 2.34. The molecular weight excluding hydrogens is 230 g/mol. The Morgan fingerprint density at radius 1 is 1.28 bits per heavy atom. The lowest BCUT2D eigenvalue weighted by atomic mass is 10.2. The van der Waals surface area contributed by atoms with Crippen LogP contribution in [0.25, 0.3) is 0 Å². The van der Waals surface area contributed by atoms with Crippen LogP contribution in [0, 0.1) is 6.92 Å². The highest BCUT2D eigenvalue weighted by Gasteiger charge is 2.05. The lowest BCUT2D eigenvalue weighted by Crippen LogP contribution is -2.20. The Hall–Kier alpha value is -2.63. The molecule has 2 rings (SSSR count). The van der Waals surface area contributed by atoms with Crippen LogP contribution in [0.4, 0.5) is 22.0 Å². The van der Waals surface area contributed by atoms with E-state index in [4.69, 9.17) is 5.73 Å². The van der Waals surface area contributed by atoms with Crippen molar-refractivity contribution in [3.63, 3.8) is 0 Å². The number of hydrogen-bond donors (Lipinski definition) is 3. The van der Waals surface area contributed by atoms with Crippen LogP contribution in [0.3, 0.4) is 0 Å². The van der Waals surface area contributed by atoms with E-state index in [1.165, 1.54) is 18.6 Å². The first-order valence-corrected chi connectivity index (χ1v) is 5.35. The molecule has 2 aromatic rings. The SMILES string of the molecule is Cc1ccc(NC(=O)Nc2cnccn2)c(N)c1. The van der Waals surface area contributed by atoms with E-state index in [9.17, 15) is 4.79 Å². The van der Waals surface area contributed by atoms with Crippen molar-refractivity contribution in [1.82, 2.24) is 9.97 Å². The number of rotatable bonds is 2. The van der Waals surface area contributed by atoms with E-state index in [0.717, 1.165) is 5.56 Å². The summed E-state index contributed by atoms with van der Waals surface area (Å²) in [5, 5.41) is 5.20. The summed E-state index contributed by atoms with van der Waals surface area (Å²) in [6.45, 7) is 1.93. The van der Waals surface area contributed by atoms with Gasteiger partial charge in [0.25, 0.3) is 0 Å². The lowest BCUT2D eigenvalue weighted by molar-refractivity contribution is 0.262. The standard InChI is InChI=1S/C12H13N5O/c1-8-2-3-10(9(13)6-8)16-12(18)17-11-7-14-4-5-15-11/h2-7H,13H2,1H3,(H2,15,16,17,18). The summed E-state index contributed by atoms with van der Waals surface area (Å²) >= 11 is 0. The summed E-state index contributed by atoms with van der Waals surface area (Å²) in [6, 6.07) is 5.00. The summed E-state index contributed by atoms with van der Waals surface area (Å²) in [5.41, 5.74) is 7.90. The predicted octanol–water partition coefficient (Wildman–Crippen LogP) is 2.01. The Morgan fingerprint density at radius 2 is 2.11 bits per heavy atom. The first-order valence-electron chi connectivity index (χ1n) is 5.35. The Morgan fingerprint density at radius 3 is 2.78 bits per heavy atom. The van der Waals surface area contributed by atoms with Crippen molar-refractivity contribution in [1.29, 1.82) is 0 Å². The average molecular weight is 243 g/mol. The Kier molecular flexibility index (Phi) is 3.38. The highest BCUT2D eigenvalue weighted by Crippen LogP contribution is 2.19. The van der Waals surface area contributed by atoms with E-state index >= 15 is 0 Å². The molecule has 6 heteroatoms. The summed E-state index contributed by atoms with van der Waals surface area (Å²) in [7, 11) is 0. The van der Waals surface area contributed by atoms with Gasteiger partial charge in [-0.1, -0.05) is 6.07 Å². The van der Waals surface area contributed by atoms with E-state index < -0.39 is 6.03 Å². The number of aryl methyl sites for hydroxylation is 1. The van der Waals surface area contributed by atoms with Gasteiger partial charge in [0.1, 0.15) is 0 Å². The van der Waals surface area contributed by atoms with Crippen LogP contribution in [0.15, 0.2) is 36.8 Å². The highest BCUT2D eigenvalue weighted by atomic mass is 16.2. The molecule has 1 heterocycles. The normalized spacial score (nSPS) is 9.83. The molecule has 2 amide bonds. The number of benzene rings is 1. The number of nitrogens with zero attached hydrogens (tertiary/aromatic N) is 2. The quantitative estimate of drug-likeness (QED) is 0.703. The zero-order chi connectivity index (χ0) is 13.0. The zero-order valence-electron chi connectivity index (χ0n) is 9.84. The van der Waals surface area contributed by atoms with Gasteiger partial charge >= 0.3 is 6.03 Å². The number of nitrogen functional groups attached to an aromatic ring is 1. The minimum atomic E-state index is -0.411. The van der Waals surface area contributed by atoms with Crippen LogP contribution in [0.2, 0.25) is 0 Å². The number of carbonyl (C=O) groups excluding carboxylic acids is 1. The topological polar surface area (TPSA) is 92.9 Å². The number of amides is 2. The third-order valence-electron chi connectivity index (χ3n) is 2.26. The molecule has 6 nitrogen and oxygen atoms in total. The number of aromatic nitrogens is 2. The minimum Gasteiger partial charge on any atom is -0.397 e. The van der Waals surface area contributed by atoms with Crippen LogP contribution in [0.5, 0.6) is 0 Å². The molecule has 0 aliphatic heterocycles.